The van der Waals surface area contributed by atoms with Gasteiger partial charge in [0.15, 0.2) is 5.01 Å². The summed E-state index contributed by atoms with van der Waals surface area (Å²) in [6, 6.07) is 10.0. The second-order valence-electron chi connectivity index (χ2n) is 5.61. The Morgan fingerprint density at radius 2 is 1.96 bits per heavy atom. The number of amides is 1. The highest BCUT2D eigenvalue weighted by atomic mass is 32.1. The third kappa shape index (κ3) is 4.64. The van der Waals surface area contributed by atoms with Gasteiger partial charge in [0.2, 0.25) is 11.0 Å². The lowest BCUT2D eigenvalue weighted by molar-refractivity contribution is -0.116. The fraction of sp³-hybridized carbons (Fsp3) is 0.278. The highest BCUT2D eigenvalue weighted by molar-refractivity contribution is 7.23. The number of nitrogens with one attached hydrogen (secondary N) is 1. The Morgan fingerprint density at radius 1 is 1.16 bits per heavy atom. The van der Waals surface area contributed by atoms with Crippen LogP contribution in [0, 0.1) is 13.8 Å². The van der Waals surface area contributed by atoms with E-state index in [4.69, 9.17) is 4.74 Å². The van der Waals surface area contributed by atoms with Crippen molar-refractivity contribution >= 4 is 33.7 Å². The number of anilines is 1. The third-order valence-corrected chi connectivity index (χ3v) is 5.48. The molecule has 1 N–H and O–H groups in total. The van der Waals surface area contributed by atoms with Gasteiger partial charge in [0.05, 0.1) is 11.5 Å². The molecule has 0 fully saturated rings. The monoisotopic (exact) mass is 373 g/mol. The van der Waals surface area contributed by atoms with Gasteiger partial charge < -0.3 is 10.1 Å². The first-order valence-electron chi connectivity index (χ1n) is 8.00. The molecule has 2 aromatic heterocycles. The van der Waals surface area contributed by atoms with E-state index in [1.807, 2.05) is 49.6 Å². The van der Waals surface area contributed by atoms with E-state index in [-0.39, 0.29) is 5.91 Å². The van der Waals surface area contributed by atoms with E-state index < -0.39 is 0 Å². The van der Waals surface area contributed by atoms with E-state index in [0.717, 1.165) is 26.8 Å². The van der Waals surface area contributed by atoms with E-state index >= 15 is 0 Å². The minimum absolute atomic E-state index is 0.0704. The van der Waals surface area contributed by atoms with Crippen molar-refractivity contribution in [2.24, 2.45) is 0 Å². The topological polar surface area (TPSA) is 64.1 Å². The van der Waals surface area contributed by atoms with Gasteiger partial charge in [0, 0.05) is 6.42 Å². The summed E-state index contributed by atoms with van der Waals surface area (Å²) in [5.41, 5.74) is 2.22. The number of thiophene rings is 1. The fourth-order valence-corrected chi connectivity index (χ4v) is 3.94. The molecule has 0 atom stereocenters. The van der Waals surface area contributed by atoms with Crippen LogP contribution in [-0.2, 0) is 4.79 Å². The maximum atomic E-state index is 12.0. The van der Waals surface area contributed by atoms with Crippen LogP contribution < -0.4 is 10.1 Å². The Hall–Kier alpha value is -2.25. The predicted octanol–water partition coefficient (Wildman–Crippen LogP) is 4.68. The summed E-state index contributed by atoms with van der Waals surface area (Å²) in [6.45, 7) is 4.56. The first-order chi connectivity index (χ1) is 12.1. The van der Waals surface area contributed by atoms with Crippen LogP contribution in [0.2, 0.25) is 0 Å². The van der Waals surface area contributed by atoms with Gasteiger partial charge in [-0.25, -0.2) is 0 Å². The molecule has 25 heavy (non-hydrogen) atoms. The van der Waals surface area contributed by atoms with Crippen LogP contribution in [0.25, 0.3) is 9.88 Å². The average Bonchev–Trinajstić information content (AvgIpc) is 3.25. The number of aromatic nitrogens is 2. The molecule has 0 aliphatic carbocycles. The second-order valence-corrected chi connectivity index (χ2v) is 7.54. The average molecular weight is 374 g/mol. The Bertz CT molecular complexity index is 824. The lowest BCUT2D eigenvalue weighted by Gasteiger charge is -2.11. The number of nitrogens with zero attached hydrogens (tertiary/aromatic N) is 2. The van der Waals surface area contributed by atoms with Crippen LogP contribution in [0.1, 0.15) is 24.0 Å². The first kappa shape index (κ1) is 17.6. The standard InChI is InChI=1S/C18H19N3O2S2/c1-12-6-3-7-13(2)16(12)23-10-4-9-15(22)19-18-21-20-17(25-18)14-8-5-11-24-14/h3,5-8,11H,4,9-10H2,1-2H3,(H,19,21,22). The Kier molecular flexibility index (Phi) is 5.78. The zero-order chi connectivity index (χ0) is 17.6. The molecule has 0 spiro atoms. The lowest BCUT2D eigenvalue weighted by Crippen LogP contribution is -2.13. The molecule has 1 amide bonds. The summed E-state index contributed by atoms with van der Waals surface area (Å²) in [5, 5.41) is 14.3. The molecule has 3 rings (SSSR count). The normalized spacial score (nSPS) is 10.6. The fourth-order valence-electron chi connectivity index (χ4n) is 2.39. The molecule has 5 nitrogen and oxygen atoms in total. The smallest absolute Gasteiger partial charge is 0.226 e. The van der Waals surface area contributed by atoms with Crippen LogP contribution in [0.3, 0.4) is 0 Å². The molecule has 130 valence electrons. The maximum Gasteiger partial charge on any atom is 0.226 e. The number of aryl methyl sites for hydroxylation is 2. The molecule has 0 aliphatic heterocycles. The number of ether oxygens (including phenoxy) is 1. The Balaban J connectivity index is 1.44. The van der Waals surface area contributed by atoms with Crippen LogP contribution in [0.15, 0.2) is 35.7 Å². The van der Waals surface area contributed by atoms with Gasteiger partial charge in [-0.1, -0.05) is 35.6 Å². The highest BCUT2D eigenvalue weighted by Crippen LogP contribution is 2.29. The number of carbonyl (C=O) groups excluding carboxylic acids is 1. The Morgan fingerprint density at radius 3 is 2.68 bits per heavy atom. The largest absolute Gasteiger partial charge is 0.493 e. The summed E-state index contributed by atoms with van der Waals surface area (Å²) in [6.07, 6.45) is 1.04. The highest BCUT2D eigenvalue weighted by Gasteiger charge is 2.10. The molecule has 3 aromatic rings. The maximum absolute atomic E-state index is 12.0. The van der Waals surface area contributed by atoms with Crippen molar-refractivity contribution in [3.05, 3.63) is 46.8 Å². The zero-order valence-corrected chi connectivity index (χ0v) is 15.7. The molecule has 0 saturated heterocycles. The van der Waals surface area contributed by atoms with Gasteiger partial charge in [-0.2, -0.15) is 0 Å². The SMILES string of the molecule is Cc1cccc(C)c1OCCCC(=O)Nc1nnc(-c2cccs2)s1. The van der Waals surface area contributed by atoms with Crippen molar-refractivity contribution < 1.29 is 9.53 Å². The second kappa shape index (κ2) is 8.22. The van der Waals surface area contributed by atoms with Gasteiger partial charge >= 0.3 is 0 Å². The Labute approximate surface area is 154 Å². The van der Waals surface area contributed by atoms with Crippen LogP contribution in [0.5, 0.6) is 5.75 Å². The molecule has 0 saturated carbocycles. The number of hydrogen-bond acceptors (Lipinski definition) is 6. The molecule has 7 heteroatoms. The van der Waals surface area contributed by atoms with Crippen molar-refractivity contribution in [2.75, 3.05) is 11.9 Å². The lowest BCUT2D eigenvalue weighted by atomic mass is 10.1. The molecular formula is C18H19N3O2S2. The quantitative estimate of drug-likeness (QED) is 0.611. The van der Waals surface area contributed by atoms with Gasteiger partial charge in [-0.05, 0) is 42.8 Å². The van der Waals surface area contributed by atoms with Crippen LogP contribution in [0.4, 0.5) is 5.13 Å². The zero-order valence-electron chi connectivity index (χ0n) is 14.1. The summed E-state index contributed by atoms with van der Waals surface area (Å²) in [5.74, 6) is 0.839. The summed E-state index contributed by atoms with van der Waals surface area (Å²) in [4.78, 5) is 13.1. The third-order valence-electron chi connectivity index (χ3n) is 3.61. The van der Waals surface area contributed by atoms with Crippen LogP contribution >= 0.6 is 22.7 Å². The molecule has 0 unspecified atom stereocenters. The molecular weight excluding hydrogens is 354 g/mol. The van der Waals surface area contributed by atoms with Gasteiger partial charge in [0.1, 0.15) is 5.75 Å². The molecule has 0 radical (unpaired) electrons. The summed E-state index contributed by atoms with van der Waals surface area (Å²) in [7, 11) is 0. The van der Waals surface area contributed by atoms with E-state index in [2.05, 4.69) is 15.5 Å². The van der Waals surface area contributed by atoms with E-state index in [1.165, 1.54) is 11.3 Å². The molecule has 2 heterocycles. The first-order valence-corrected chi connectivity index (χ1v) is 9.69. The van der Waals surface area contributed by atoms with Crippen LogP contribution in [-0.4, -0.2) is 22.7 Å². The number of benzene rings is 1. The van der Waals surface area contributed by atoms with Crippen molar-refractivity contribution in [3.8, 4) is 15.6 Å². The molecule has 1 aromatic carbocycles. The summed E-state index contributed by atoms with van der Waals surface area (Å²) < 4.78 is 5.82. The van der Waals surface area contributed by atoms with E-state index in [1.54, 1.807) is 11.3 Å². The van der Waals surface area contributed by atoms with Crippen molar-refractivity contribution in [3.63, 3.8) is 0 Å². The number of para-hydroxylation sites is 1. The van der Waals surface area contributed by atoms with Crippen molar-refractivity contribution in [1.29, 1.82) is 0 Å². The van der Waals surface area contributed by atoms with Gasteiger partial charge in [0.25, 0.3) is 0 Å². The van der Waals surface area contributed by atoms with E-state index in [9.17, 15) is 4.79 Å². The summed E-state index contributed by atoms with van der Waals surface area (Å²) >= 11 is 2.99. The van der Waals surface area contributed by atoms with Crippen molar-refractivity contribution in [1.82, 2.24) is 10.2 Å². The van der Waals surface area contributed by atoms with Crippen molar-refractivity contribution in [2.45, 2.75) is 26.7 Å². The minimum atomic E-state index is -0.0704. The number of hydrogen-bond donors (Lipinski definition) is 1. The van der Waals surface area contributed by atoms with Gasteiger partial charge in [-0.15, -0.1) is 21.5 Å². The van der Waals surface area contributed by atoms with Gasteiger partial charge in [-0.3, -0.25) is 4.79 Å². The molecule has 0 bridgehead atoms. The number of rotatable bonds is 7. The number of carbonyl (C=O) groups is 1. The molecule has 0 aliphatic rings. The minimum Gasteiger partial charge on any atom is -0.493 e. The predicted molar refractivity (Wildman–Crippen MR) is 102 cm³/mol. The van der Waals surface area contributed by atoms with E-state index in [0.29, 0.717) is 24.6 Å².